The lowest BCUT2D eigenvalue weighted by Crippen LogP contribution is -2.48. The van der Waals surface area contributed by atoms with Crippen molar-refractivity contribution in [2.24, 2.45) is 0 Å². The first-order valence-electron chi connectivity index (χ1n) is 10.5. The van der Waals surface area contributed by atoms with Gasteiger partial charge in [-0.25, -0.2) is 4.68 Å². The van der Waals surface area contributed by atoms with E-state index in [1.165, 1.54) is 6.07 Å². The van der Waals surface area contributed by atoms with Gasteiger partial charge in [-0.15, -0.1) is 11.8 Å². The zero-order valence-corrected chi connectivity index (χ0v) is 20.2. The molecule has 1 fully saturated rings. The second-order valence-corrected chi connectivity index (χ2v) is 9.18. The molecule has 33 heavy (non-hydrogen) atoms. The molecule has 0 saturated carbocycles. The Labute approximate surface area is 201 Å². The number of hydrogen-bond acceptors (Lipinski definition) is 6. The highest BCUT2D eigenvalue weighted by molar-refractivity contribution is 7.98. The molecule has 0 N–H and O–H groups in total. The van der Waals surface area contributed by atoms with E-state index < -0.39 is 4.92 Å². The molecule has 2 aromatic carbocycles. The number of aryl methyl sites for hydroxylation is 2. The topological polar surface area (TPSA) is 84.5 Å². The van der Waals surface area contributed by atoms with Gasteiger partial charge in [0.25, 0.3) is 11.6 Å². The summed E-state index contributed by atoms with van der Waals surface area (Å²) in [6.07, 6.45) is 1.96. The molecular formula is C23H24ClN5O3S. The van der Waals surface area contributed by atoms with Gasteiger partial charge < -0.3 is 9.80 Å². The highest BCUT2D eigenvalue weighted by Gasteiger charge is 2.26. The molecule has 0 atom stereocenters. The van der Waals surface area contributed by atoms with Crippen molar-refractivity contribution in [1.29, 1.82) is 0 Å². The smallest absolute Gasteiger partial charge is 0.295 e. The number of carbonyl (C=O) groups excluding carboxylic acids is 1. The van der Waals surface area contributed by atoms with E-state index in [0.717, 1.165) is 22.0 Å². The lowest BCUT2D eigenvalue weighted by Gasteiger charge is -2.36. The normalized spacial score (nSPS) is 13.9. The summed E-state index contributed by atoms with van der Waals surface area (Å²) in [7, 11) is 0. The van der Waals surface area contributed by atoms with Crippen molar-refractivity contribution < 1.29 is 9.72 Å². The van der Waals surface area contributed by atoms with Gasteiger partial charge in [-0.05, 0) is 56.5 Å². The van der Waals surface area contributed by atoms with Gasteiger partial charge >= 0.3 is 0 Å². The molecule has 8 nitrogen and oxygen atoms in total. The molecule has 0 aliphatic carbocycles. The van der Waals surface area contributed by atoms with Crippen LogP contribution in [0.15, 0.2) is 47.4 Å². The quantitative estimate of drug-likeness (QED) is 0.295. The molecule has 0 spiro atoms. The molecule has 0 radical (unpaired) electrons. The summed E-state index contributed by atoms with van der Waals surface area (Å²) in [5.74, 6) is -0.0809. The van der Waals surface area contributed by atoms with Crippen molar-refractivity contribution in [2.45, 2.75) is 18.7 Å². The zero-order chi connectivity index (χ0) is 23.7. The molecular weight excluding hydrogens is 462 g/mol. The predicted molar refractivity (Wildman–Crippen MR) is 131 cm³/mol. The second-order valence-electron chi connectivity index (χ2n) is 7.89. The standard InChI is InChI=1S/C23H24ClN5O3S/c1-15-12-16(2)28(25-15)22-13-17(4-7-21(22)29(31)32)26-8-10-27(11-9-26)23(30)19-14-18(33-3)5-6-20(19)24/h4-7,12-14H,8-11H2,1-3H3. The van der Waals surface area contributed by atoms with Crippen LogP contribution >= 0.6 is 23.4 Å². The Kier molecular flexibility index (Phi) is 6.62. The maximum atomic E-state index is 13.1. The van der Waals surface area contributed by atoms with Crippen molar-refractivity contribution in [3.05, 3.63) is 74.6 Å². The lowest BCUT2D eigenvalue weighted by atomic mass is 10.1. The molecule has 172 valence electrons. The first-order chi connectivity index (χ1) is 15.8. The number of carbonyl (C=O) groups is 1. The number of nitrogens with zero attached hydrogens (tertiary/aromatic N) is 5. The van der Waals surface area contributed by atoms with Gasteiger partial charge in [-0.2, -0.15) is 5.10 Å². The van der Waals surface area contributed by atoms with Crippen molar-refractivity contribution in [1.82, 2.24) is 14.7 Å². The Morgan fingerprint density at radius 1 is 1.09 bits per heavy atom. The number of benzene rings is 2. The maximum Gasteiger partial charge on any atom is 0.295 e. The van der Waals surface area contributed by atoms with Gasteiger partial charge in [0, 0.05) is 48.5 Å². The van der Waals surface area contributed by atoms with Crippen molar-refractivity contribution in [3.8, 4) is 5.69 Å². The zero-order valence-electron chi connectivity index (χ0n) is 18.6. The molecule has 0 bridgehead atoms. The number of thioether (sulfide) groups is 1. The number of nitro benzene ring substituents is 1. The third kappa shape index (κ3) is 4.69. The first-order valence-corrected chi connectivity index (χ1v) is 12.1. The fourth-order valence-corrected chi connectivity index (χ4v) is 4.68. The number of anilines is 1. The summed E-state index contributed by atoms with van der Waals surface area (Å²) < 4.78 is 1.61. The first kappa shape index (κ1) is 23.1. The molecule has 1 aliphatic rings. The van der Waals surface area contributed by atoms with E-state index in [2.05, 4.69) is 10.00 Å². The van der Waals surface area contributed by atoms with E-state index >= 15 is 0 Å². The predicted octanol–water partition coefficient (Wildman–Crippen LogP) is 4.74. The average Bonchev–Trinajstić information content (AvgIpc) is 3.16. The van der Waals surface area contributed by atoms with Gasteiger partial charge in [0.1, 0.15) is 5.69 Å². The molecule has 2 heterocycles. The highest BCUT2D eigenvalue weighted by atomic mass is 35.5. The molecule has 4 rings (SSSR count). The van der Waals surface area contributed by atoms with Crippen LogP contribution in [0.1, 0.15) is 21.7 Å². The second kappa shape index (κ2) is 9.44. The van der Waals surface area contributed by atoms with Crippen LogP contribution in [0.3, 0.4) is 0 Å². The number of rotatable bonds is 5. The number of aromatic nitrogens is 2. The molecule has 0 unspecified atom stereocenters. The van der Waals surface area contributed by atoms with E-state index in [1.807, 2.05) is 38.3 Å². The van der Waals surface area contributed by atoms with Crippen LogP contribution in [-0.2, 0) is 0 Å². The van der Waals surface area contributed by atoms with Crippen LogP contribution in [-0.4, -0.2) is 57.9 Å². The Morgan fingerprint density at radius 3 is 2.42 bits per heavy atom. The minimum Gasteiger partial charge on any atom is -0.368 e. The lowest BCUT2D eigenvalue weighted by molar-refractivity contribution is -0.384. The van der Waals surface area contributed by atoms with Crippen LogP contribution in [0.4, 0.5) is 11.4 Å². The van der Waals surface area contributed by atoms with E-state index in [1.54, 1.807) is 39.5 Å². The highest BCUT2D eigenvalue weighted by Crippen LogP contribution is 2.30. The summed E-state index contributed by atoms with van der Waals surface area (Å²) >= 11 is 7.86. The molecule has 1 aromatic heterocycles. The Bertz CT molecular complexity index is 1220. The summed E-state index contributed by atoms with van der Waals surface area (Å²) in [6, 6.07) is 12.4. The number of hydrogen-bond donors (Lipinski definition) is 0. The van der Waals surface area contributed by atoms with Crippen LogP contribution in [0.2, 0.25) is 5.02 Å². The van der Waals surface area contributed by atoms with Crippen molar-refractivity contribution in [2.75, 3.05) is 37.3 Å². The van der Waals surface area contributed by atoms with Gasteiger partial charge in [-0.1, -0.05) is 11.6 Å². The Morgan fingerprint density at radius 2 is 1.82 bits per heavy atom. The molecule has 10 heteroatoms. The van der Waals surface area contributed by atoms with E-state index in [9.17, 15) is 14.9 Å². The molecule has 3 aromatic rings. The summed E-state index contributed by atoms with van der Waals surface area (Å²) in [4.78, 5) is 29.2. The van der Waals surface area contributed by atoms with Gasteiger partial charge in [0.05, 0.1) is 21.2 Å². The summed E-state index contributed by atoms with van der Waals surface area (Å²) in [5.41, 5.74) is 3.43. The van der Waals surface area contributed by atoms with Gasteiger partial charge in [0.15, 0.2) is 0 Å². The number of amides is 1. The van der Waals surface area contributed by atoms with Crippen LogP contribution < -0.4 is 4.90 Å². The van der Waals surface area contributed by atoms with Crippen LogP contribution in [0.5, 0.6) is 0 Å². The third-order valence-electron chi connectivity index (χ3n) is 5.73. The fourth-order valence-electron chi connectivity index (χ4n) is 4.04. The summed E-state index contributed by atoms with van der Waals surface area (Å²) in [5, 5.41) is 16.5. The average molecular weight is 486 g/mol. The van der Waals surface area contributed by atoms with E-state index in [4.69, 9.17) is 11.6 Å². The van der Waals surface area contributed by atoms with Crippen LogP contribution in [0.25, 0.3) is 5.69 Å². The minimum atomic E-state index is -0.390. The summed E-state index contributed by atoms with van der Waals surface area (Å²) in [6.45, 7) is 6.02. The van der Waals surface area contributed by atoms with E-state index in [-0.39, 0.29) is 11.6 Å². The van der Waals surface area contributed by atoms with Gasteiger partial charge in [-0.3, -0.25) is 14.9 Å². The fraction of sp³-hybridized carbons (Fsp3) is 0.304. The van der Waals surface area contributed by atoms with Crippen molar-refractivity contribution >= 4 is 40.6 Å². The van der Waals surface area contributed by atoms with Gasteiger partial charge in [0.2, 0.25) is 0 Å². The van der Waals surface area contributed by atoms with Crippen LogP contribution in [0, 0.1) is 24.0 Å². The maximum absolute atomic E-state index is 13.1. The number of nitro groups is 1. The largest absolute Gasteiger partial charge is 0.368 e. The molecule has 1 aliphatic heterocycles. The SMILES string of the molecule is CSc1ccc(Cl)c(C(=O)N2CCN(c3ccc([N+](=O)[O-])c(-n4nc(C)cc4C)c3)CC2)c1. The number of halogens is 1. The Balaban J connectivity index is 1.54. The minimum absolute atomic E-state index is 0.00193. The molecule has 1 saturated heterocycles. The monoisotopic (exact) mass is 485 g/mol. The third-order valence-corrected chi connectivity index (χ3v) is 6.78. The van der Waals surface area contributed by atoms with Crippen molar-refractivity contribution in [3.63, 3.8) is 0 Å². The number of piperazine rings is 1. The molecule has 1 amide bonds. The Hall–Kier alpha value is -3.04. The van der Waals surface area contributed by atoms with E-state index in [0.29, 0.717) is 42.5 Å².